The highest BCUT2D eigenvalue weighted by molar-refractivity contribution is 9.11. The fourth-order valence-corrected chi connectivity index (χ4v) is 2.98. The second kappa shape index (κ2) is 6.19. The quantitative estimate of drug-likeness (QED) is 0.841. The molecule has 0 bridgehead atoms. The standard InChI is InChI=1S/C11H12Br2N4O/c1-2-18-10-8(12)3-7(4-9(10)13)5-14-11-15-6-16-17-11/h3-4,6H,2,5H2,1H3,(H2,14,15,16,17). The zero-order valence-corrected chi connectivity index (χ0v) is 12.9. The minimum Gasteiger partial charge on any atom is -0.492 e. The predicted octanol–water partition coefficient (Wildman–Crippen LogP) is 3.34. The number of rotatable bonds is 5. The van der Waals surface area contributed by atoms with Crippen LogP contribution in [0.15, 0.2) is 27.4 Å². The van der Waals surface area contributed by atoms with E-state index in [0.717, 1.165) is 20.3 Å². The molecule has 0 aliphatic carbocycles. The summed E-state index contributed by atoms with van der Waals surface area (Å²) in [7, 11) is 0. The van der Waals surface area contributed by atoms with Crippen LogP contribution in [0, 0.1) is 0 Å². The van der Waals surface area contributed by atoms with Crippen molar-refractivity contribution < 1.29 is 4.74 Å². The average molecular weight is 376 g/mol. The summed E-state index contributed by atoms with van der Waals surface area (Å²) in [6.45, 7) is 3.24. The molecule has 0 aliphatic rings. The van der Waals surface area contributed by atoms with E-state index in [0.29, 0.717) is 19.1 Å². The van der Waals surface area contributed by atoms with Crippen LogP contribution < -0.4 is 10.1 Å². The average Bonchev–Trinajstić information content (AvgIpc) is 2.84. The molecule has 0 aliphatic heterocycles. The second-order valence-corrected chi connectivity index (χ2v) is 5.22. The Morgan fingerprint density at radius 2 is 2.06 bits per heavy atom. The summed E-state index contributed by atoms with van der Waals surface area (Å²) in [6.07, 6.45) is 1.46. The third-order valence-electron chi connectivity index (χ3n) is 2.22. The number of hydrogen-bond acceptors (Lipinski definition) is 4. The van der Waals surface area contributed by atoms with Gasteiger partial charge in [-0.05, 0) is 56.5 Å². The van der Waals surface area contributed by atoms with E-state index in [-0.39, 0.29) is 0 Å². The molecule has 18 heavy (non-hydrogen) atoms. The zero-order chi connectivity index (χ0) is 13.0. The second-order valence-electron chi connectivity index (χ2n) is 3.51. The van der Waals surface area contributed by atoms with Gasteiger partial charge in [0.1, 0.15) is 12.1 Å². The van der Waals surface area contributed by atoms with Crippen LogP contribution in [0.1, 0.15) is 12.5 Å². The lowest BCUT2D eigenvalue weighted by molar-refractivity contribution is 0.336. The first-order valence-corrected chi connectivity index (χ1v) is 6.99. The van der Waals surface area contributed by atoms with Gasteiger partial charge >= 0.3 is 0 Å². The summed E-state index contributed by atoms with van der Waals surface area (Å²) in [4.78, 5) is 4.00. The maximum atomic E-state index is 5.53. The number of benzene rings is 1. The molecule has 0 saturated carbocycles. The van der Waals surface area contributed by atoms with Crippen molar-refractivity contribution in [1.82, 2.24) is 15.2 Å². The van der Waals surface area contributed by atoms with Gasteiger partial charge in [-0.2, -0.15) is 5.10 Å². The summed E-state index contributed by atoms with van der Waals surface area (Å²) >= 11 is 7.00. The summed E-state index contributed by atoms with van der Waals surface area (Å²) in [5.74, 6) is 1.47. The number of nitrogens with one attached hydrogen (secondary N) is 2. The smallest absolute Gasteiger partial charge is 0.218 e. The lowest BCUT2D eigenvalue weighted by Crippen LogP contribution is -2.02. The lowest BCUT2D eigenvalue weighted by atomic mass is 10.2. The number of aromatic nitrogens is 3. The molecule has 7 heteroatoms. The van der Waals surface area contributed by atoms with Crippen molar-refractivity contribution >= 4 is 37.8 Å². The minimum atomic E-state index is 0.632. The van der Waals surface area contributed by atoms with Crippen molar-refractivity contribution in [3.05, 3.63) is 33.0 Å². The van der Waals surface area contributed by atoms with Crippen molar-refractivity contribution in [2.24, 2.45) is 0 Å². The van der Waals surface area contributed by atoms with Gasteiger partial charge in [-0.1, -0.05) is 0 Å². The van der Waals surface area contributed by atoms with Gasteiger partial charge in [0.05, 0.1) is 15.6 Å². The number of aromatic amines is 1. The Morgan fingerprint density at radius 3 is 2.61 bits per heavy atom. The summed E-state index contributed by atoms with van der Waals surface area (Å²) in [5, 5.41) is 9.65. The van der Waals surface area contributed by atoms with E-state index in [1.807, 2.05) is 19.1 Å². The monoisotopic (exact) mass is 374 g/mol. The van der Waals surface area contributed by atoms with E-state index in [4.69, 9.17) is 4.74 Å². The number of nitrogens with zero attached hydrogens (tertiary/aromatic N) is 2. The van der Waals surface area contributed by atoms with E-state index in [2.05, 4.69) is 52.4 Å². The van der Waals surface area contributed by atoms with Crippen molar-refractivity contribution in [2.45, 2.75) is 13.5 Å². The molecule has 2 rings (SSSR count). The fourth-order valence-electron chi connectivity index (χ4n) is 1.47. The maximum Gasteiger partial charge on any atom is 0.218 e. The maximum absolute atomic E-state index is 5.53. The van der Waals surface area contributed by atoms with Crippen LogP contribution in [0.4, 0.5) is 5.95 Å². The van der Waals surface area contributed by atoms with E-state index in [9.17, 15) is 0 Å². The molecular weight excluding hydrogens is 364 g/mol. The van der Waals surface area contributed by atoms with Crippen LogP contribution in [0.2, 0.25) is 0 Å². The normalized spacial score (nSPS) is 10.4. The third-order valence-corrected chi connectivity index (χ3v) is 3.40. The first kappa shape index (κ1) is 13.4. The molecular formula is C11H12Br2N4O. The molecule has 96 valence electrons. The molecule has 0 unspecified atom stereocenters. The molecule has 2 N–H and O–H groups in total. The van der Waals surface area contributed by atoms with Gasteiger partial charge in [0.15, 0.2) is 0 Å². The summed E-state index contributed by atoms with van der Waals surface area (Å²) in [5.41, 5.74) is 1.11. The molecule has 0 spiro atoms. The number of halogens is 2. The lowest BCUT2D eigenvalue weighted by Gasteiger charge is -2.11. The van der Waals surface area contributed by atoms with E-state index >= 15 is 0 Å². The Bertz CT molecular complexity index is 493. The van der Waals surface area contributed by atoms with Crippen LogP contribution >= 0.6 is 31.9 Å². The highest BCUT2D eigenvalue weighted by Gasteiger charge is 2.08. The van der Waals surface area contributed by atoms with Crippen LogP contribution in [-0.2, 0) is 6.54 Å². The summed E-state index contributed by atoms with van der Waals surface area (Å²) in [6, 6.07) is 4.03. The van der Waals surface area contributed by atoms with Crippen LogP contribution in [0.3, 0.4) is 0 Å². The van der Waals surface area contributed by atoms with Gasteiger partial charge in [0.25, 0.3) is 0 Å². The molecule has 0 atom stereocenters. The largest absolute Gasteiger partial charge is 0.492 e. The van der Waals surface area contributed by atoms with Crippen molar-refractivity contribution in [3.63, 3.8) is 0 Å². The van der Waals surface area contributed by atoms with Crippen LogP contribution in [0.25, 0.3) is 0 Å². The Hall–Kier alpha value is -1.08. The number of ether oxygens (including phenoxy) is 1. The predicted molar refractivity (Wildman–Crippen MR) is 76.7 cm³/mol. The molecule has 5 nitrogen and oxygen atoms in total. The molecule has 0 saturated heterocycles. The Labute approximate surface area is 122 Å². The molecule has 1 heterocycles. The van der Waals surface area contributed by atoms with E-state index in [1.54, 1.807) is 0 Å². The topological polar surface area (TPSA) is 62.8 Å². The highest BCUT2D eigenvalue weighted by atomic mass is 79.9. The van der Waals surface area contributed by atoms with E-state index < -0.39 is 0 Å². The van der Waals surface area contributed by atoms with Gasteiger partial charge in [0, 0.05) is 6.54 Å². The molecule has 2 aromatic rings. The zero-order valence-electron chi connectivity index (χ0n) is 9.70. The van der Waals surface area contributed by atoms with Crippen LogP contribution in [-0.4, -0.2) is 21.8 Å². The van der Waals surface area contributed by atoms with Gasteiger partial charge in [-0.3, -0.25) is 0 Å². The number of anilines is 1. The van der Waals surface area contributed by atoms with E-state index in [1.165, 1.54) is 6.33 Å². The molecule has 0 amide bonds. The van der Waals surface area contributed by atoms with Gasteiger partial charge in [-0.15, -0.1) is 0 Å². The number of H-pyrrole nitrogens is 1. The van der Waals surface area contributed by atoms with Crippen LogP contribution in [0.5, 0.6) is 5.75 Å². The Kier molecular flexibility index (Phi) is 4.60. The SMILES string of the molecule is CCOc1c(Br)cc(CNc2ncn[nH]2)cc1Br. The first-order chi connectivity index (χ1) is 8.70. The summed E-state index contributed by atoms with van der Waals surface area (Å²) < 4.78 is 7.38. The van der Waals surface area contributed by atoms with Gasteiger partial charge < -0.3 is 10.1 Å². The molecule has 1 aromatic carbocycles. The number of hydrogen-bond donors (Lipinski definition) is 2. The van der Waals surface area contributed by atoms with Gasteiger partial charge in [0.2, 0.25) is 5.95 Å². The van der Waals surface area contributed by atoms with Gasteiger partial charge in [-0.25, -0.2) is 10.1 Å². The first-order valence-electron chi connectivity index (χ1n) is 5.40. The molecule has 0 radical (unpaired) electrons. The molecule has 1 aromatic heterocycles. The minimum absolute atomic E-state index is 0.632. The van der Waals surface area contributed by atoms with Crippen molar-refractivity contribution in [2.75, 3.05) is 11.9 Å². The fraction of sp³-hybridized carbons (Fsp3) is 0.273. The van der Waals surface area contributed by atoms with Crippen molar-refractivity contribution in [1.29, 1.82) is 0 Å². The third kappa shape index (κ3) is 3.23. The highest BCUT2D eigenvalue weighted by Crippen LogP contribution is 2.34. The Morgan fingerprint density at radius 1 is 1.33 bits per heavy atom. The Balaban J connectivity index is 2.10. The molecule has 0 fully saturated rings. The van der Waals surface area contributed by atoms with Crippen molar-refractivity contribution in [3.8, 4) is 5.75 Å².